The molecule has 0 bridgehead atoms. The summed E-state index contributed by atoms with van der Waals surface area (Å²) in [5.74, 6) is 0. The molecule has 0 saturated carbocycles. The Balaban J connectivity index is 0. The van der Waals surface area contributed by atoms with Gasteiger partial charge in [0.15, 0.2) is 0 Å². The number of hydrogen-bond donors (Lipinski definition) is 1. The molecule has 1 N–H and O–H groups in total. The fourth-order valence-electron chi connectivity index (χ4n) is 2.02. The van der Waals surface area contributed by atoms with Crippen LogP contribution in [-0.4, -0.2) is 35.2 Å². The van der Waals surface area contributed by atoms with Crippen molar-refractivity contribution in [1.82, 2.24) is 4.90 Å². The third kappa shape index (κ3) is 7.15. The molecule has 0 aliphatic heterocycles. The van der Waals surface area contributed by atoms with Crippen LogP contribution in [-0.2, 0) is 0 Å². The maximum Gasteiger partial charge on any atom is 0.0667 e. The van der Waals surface area contributed by atoms with Crippen LogP contribution in [0.3, 0.4) is 0 Å². The lowest BCUT2D eigenvalue weighted by Gasteiger charge is -2.31. The molecule has 0 radical (unpaired) electrons. The Morgan fingerprint density at radius 1 is 1.07 bits per heavy atom. The second kappa shape index (κ2) is 10.7. The van der Waals surface area contributed by atoms with Gasteiger partial charge in [0.2, 0.25) is 0 Å². The SMILES string of the molecule is CCCCCC(C(C)O)N(CC)CC.Cl. The quantitative estimate of drug-likeness (QED) is 0.656. The van der Waals surface area contributed by atoms with E-state index in [4.69, 9.17) is 0 Å². The first-order chi connectivity index (χ1) is 6.67. The molecular formula is C12H28ClNO. The van der Waals surface area contributed by atoms with Crippen LogP contribution in [0.2, 0.25) is 0 Å². The number of halogens is 1. The van der Waals surface area contributed by atoms with E-state index in [0.717, 1.165) is 19.5 Å². The van der Waals surface area contributed by atoms with E-state index in [1.807, 2.05) is 6.92 Å². The van der Waals surface area contributed by atoms with Crippen molar-refractivity contribution in [1.29, 1.82) is 0 Å². The third-order valence-corrected chi connectivity index (χ3v) is 2.94. The molecule has 0 aromatic heterocycles. The highest BCUT2D eigenvalue weighted by Crippen LogP contribution is 2.13. The number of rotatable bonds is 8. The Bertz CT molecular complexity index is 127. The predicted molar refractivity (Wildman–Crippen MR) is 69.8 cm³/mol. The molecule has 15 heavy (non-hydrogen) atoms. The van der Waals surface area contributed by atoms with E-state index in [1.54, 1.807) is 0 Å². The van der Waals surface area contributed by atoms with Crippen molar-refractivity contribution in [3.8, 4) is 0 Å². The van der Waals surface area contributed by atoms with Crippen molar-refractivity contribution >= 4 is 12.4 Å². The zero-order valence-corrected chi connectivity index (χ0v) is 11.5. The van der Waals surface area contributed by atoms with Gasteiger partial charge in [0.1, 0.15) is 0 Å². The minimum Gasteiger partial charge on any atom is -0.392 e. The van der Waals surface area contributed by atoms with Crippen LogP contribution in [0.25, 0.3) is 0 Å². The van der Waals surface area contributed by atoms with Crippen LogP contribution in [0, 0.1) is 0 Å². The van der Waals surface area contributed by atoms with E-state index < -0.39 is 0 Å². The topological polar surface area (TPSA) is 23.5 Å². The van der Waals surface area contributed by atoms with Gasteiger partial charge >= 0.3 is 0 Å². The Morgan fingerprint density at radius 3 is 1.93 bits per heavy atom. The highest BCUT2D eigenvalue weighted by atomic mass is 35.5. The Morgan fingerprint density at radius 2 is 1.60 bits per heavy atom. The Hall–Kier alpha value is 0.210. The zero-order valence-electron chi connectivity index (χ0n) is 10.7. The Labute approximate surface area is 101 Å². The second-order valence-corrected chi connectivity index (χ2v) is 4.02. The summed E-state index contributed by atoms with van der Waals surface area (Å²) in [6.45, 7) is 10.5. The summed E-state index contributed by atoms with van der Waals surface area (Å²) in [4.78, 5) is 2.36. The first kappa shape index (κ1) is 17.6. The van der Waals surface area contributed by atoms with Gasteiger partial charge in [-0.3, -0.25) is 4.90 Å². The fourth-order valence-corrected chi connectivity index (χ4v) is 2.02. The molecule has 94 valence electrons. The molecule has 2 nitrogen and oxygen atoms in total. The third-order valence-electron chi connectivity index (χ3n) is 2.94. The smallest absolute Gasteiger partial charge is 0.0667 e. The molecule has 0 aromatic rings. The van der Waals surface area contributed by atoms with Crippen molar-refractivity contribution in [3.05, 3.63) is 0 Å². The van der Waals surface area contributed by atoms with Crippen LogP contribution in [0.4, 0.5) is 0 Å². The number of unbranched alkanes of at least 4 members (excludes halogenated alkanes) is 2. The normalized spacial score (nSPS) is 14.8. The molecule has 0 amide bonds. The second-order valence-electron chi connectivity index (χ2n) is 4.02. The average molecular weight is 238 g/mol. The average Bonchev–Trinajstić information content (AvgIpc) is 2.17. The highest BCUT2D eigenvalue weighted by molar-refractivity contribution is 5.85. The number of aliphatic hydroxyl groups excluding tert-OH is 1. The molecule has 0 spiro atoms. The van der Waals surface area contributed by atoms with Crippen LogP contribution in [0.1, 0.15) is 53.4 Å². The molecule has 0 saturated heterocycles. The van der Waals surface area contributed by atoms with Gasteiger partial charge in [-0.15, -0.1) is 12.4 Å². The van der Waals surface area contributed by atoms with E-state index in [9.17, 15) is 5.11 Å². The maximum atomic E-state index is 9.70. The van der Waals surface area contributed by atoms with Crippen molar-refractivity contribution in [2.45, 2.75) is 65.5 Å². The summed E-state index contributed by atoms with van der Waals surface area (Å²) in [5, 5.41) is 9.70. The van der Waals surface area contributed by atoms with Gasteiger partial charge < -0.3 is 5.11 Å². The standard InChI is InChI=1S/C12H27NO.ClH/c1-5-8-9-10-12(11(4)14)13(6-2)7-3;/h11-12,14H,5-10H2,1-4H3;1H. The molecule has 2 atom stereocenters. The monoisotopic (exact) mass is 237 g/mol. The lowest BCUT2D eigenvalue weighted by Crippen LogP contribution is -2.42. The van der Waals surface area contributed by atoms with Crippen LogP contribution < -0.4 is 0 Å². The van der Waals surface area contributed by atoms with Crippen LogP contribution in [0.15, 0.2) is 0 Å². The summed E-state index contributed by atoms with van der Waals surface area (Å²) in [6.07, 6.45) is 4.71. The van der Waals surface area contributed by atoms with Gasteiger partial charge in [-0.1, -0.05) is 40.0 Å². The van der Waals surface area contributed by atoms with Crippen molar-refractivity contribution in [3.63, 3.8) is 0 Å². The number of hydrogen-bond acceptors (Lipinski definition) is 2. The van der Waals surface area contributed by atoms with Crippen molar-refractivity contribution in [2.75, 3.05) is 13.1 Å². The van der Waals surface area contributed by atoms with E-state index >= 15 is 0 Å². The minimum absolute atomic E-state index is 0. The molecule has 0 aromatic carbocycles. The summed E-state index contributed by atoms with van der Waals surface area (Å²) in [6, 6.07) is 0.358. The van der Waals surface area contributed by atoms with Crippen LogP contribution >= 0.6 is 12.4 Å². The summed E-state index contributed by atoms with van der Waals surface area (Å²) in [5.41, 5.74) is 0. The van der Waals surface area contributed by atoms with Crippen LogP contribution in [0.5, 0.6) is 0 Å². The van der Waals surface area contributed by atoms with E-state index in [1.165, 1.54) is 19.3 Å². The summed E-state index contributed by atoms with van der Waals surface area (Å²) < 4.78 is 0. The fraction of sp³-hybridized carbons (Fsp3) is 1.00. The molecule has 3 heteroatoms. The molecule has 0 fully saturated rings. The van der Waals surface area contributed by atoms with Gasteiger partial charge in [0.25, 0.3) is 0 Å². The summed E-state index contributed by atoms with van der Waals surface area (Å²) >= 11 is 0. The highest BCUT2D eigenvalue weighted by Gasteiger charge is 2.19. The van der Waals surface area contributed by atoms with E-state index in [-0.39, 0.29) is 18.5 Å². The lowest BCUT2D eigenvalue weighted by atomic mass is 10.0. The first-order valence-corrected chi connectivity index (χ1v) is 6.09. The predicted octanol–water partition coefficient (Wildman–Crippen LogP) is 3.08. The zero-order chi connectivity index (χ0) is 11.0. The molecular weight excluding hydrogens is 210 g/mol. The number of likely N-dealkylation sites (N-methyl/N-ethyl adjacent to an activating group) is 1. The summed E-state index contributed by atoms with van der Waals surface area (Å²) in [7, 11) is 0. The van der Waals surface area contributed by atoms with Gasteiger partial charge in [-0.25, -0.2) is 0 Å². The van der Waals surface area contributed by atoms with E-state index in [2.05, 4.69) is 25.7 Å². The first-order valence-electron chi connectivity index (χ1n) is 6.09. The maximum absolute atomic E-state index is 9.70. The van der Waals surface area contributed by atoms with E-state index in [0.29, 0.717) is 6.04 Å². The molecule has 0 aliphatic carbocycles. The van der Waals surface area contributed by atoms with Gasteiger partial charge in [0.05, 0.1) is 6.10 Å². The largest absolute Gasteiger partial charge is 0.392 e. The van der Waals surface area contributed by atoms with Gasteiger partial charge in [-0.2, -0.15) is 0 Å². The minimum atomic E-state index is -0.202. The molecule has 2 unspecified atom stereocenters. The lowest BCUT2D eigenvalue weighted by molar-refractivity contribution is 0.0601. The number of aliphatic hydroxyl groups is 1. The van der Waals surface area contributed by atoms with Crippen molar-refractivity contribution in [2.24, 2.45) is 0 Å². The molecule has 0 heterocycles. The number of nitrogens with zero attached hydrogens (tertiary/aromatic N) is 1. The Kier molecular flexibility index (Phi) is 12.6. The van der Waals surface area contributed by atoms with Crippen molar-refractivity contribution < 1.29 is 5.11 Å². The molecule has 0 aliphatic rings. The van der Waals surface area contributed by atoms with Gasteiger partial charge in [0, 0.05) is 6.04 Å². The molecule has 0 rings (SSSR count). The van der Waals surface area contributed by atoms with Gasteiger partial charge in [-0.05, 0) is 26.4 Å².